The predicted octanol–water partition coefficient (Wildman–Crippen LogP) is 3.75. The van der Waals surface area contributed by atoms with Crippen LogP contribution in [0.3, 0.4) is 0 Å². The van der Waals surface area contributed by atoms with Gasteiger partial charge in [-0.2, -0.15) is 5.10 Å². The zero-order valence-corrected chi connectivity index (χ0v) is 12.0. The molecule has 1 atom stereocenters. The first kappa shape index (κ1) is 13.4. The van der Waals surface area contributed by atoms with Crippen LogP contribution in [-0.4, -0.2) is 14.8 Å². The number of H-pyrrole nitrogens is 1. The molecule has 0 amide bonds. The van der Waals surface area contributed by atoms with Crippen molar-refractivity contribution in [3.63, 3.8) is 0 Å². The summed E-state index contributed by atoms with van der Waals surface area (Å²) in [5.41, 5.74) is 0.292. The molecule has 1 aromatic heterocycles. The Morgan fingerprint density at radius 1 is 1.31 bits per heavy atom. The van der Waals surface area contributed by atoms with Crippen molar-refractivity contribution < 1.29 is 0 Å². The van der Waals surface area contributed by atoms with Crippen LogP contribution in [0, 0.1) is 16.1 Å². The maximum absolute atomic E-state index is 5.28. The van der Waals surface area contributed by atoms with Crippen molar-refractivity contribution in [3.05, 3.63) is 10.6 Å². The van der Waals surface area contributed by atoms with E-state index in [0.717, 1.165) is 17.1 Å². The molecule has 0 bridgehead atoms. The standard InChI is InChI=1S/C12H23N3S/c1-8(2)10-13-14-11(16)15(10)7-9(3)12(4,5)6/h8-9H,7H2,1-6H3,(H,14,16). The van der Waals surface area contributed by atoms with Crippen LogP contribution in [-0.2, 0) is 6.54 Å². The summed E-state index contributed by atoms with van der Waals surface area (Å²) < 4.78 is 2.87. The van der Waals surface area contributed by atoms with Gasteiger partial charge in [0.1, 0.15) is 5.82 Å². The molecule has 1 unspecified atom stereocenters. The summed E-state index contributed by atoms with van der Waals surface area (Å²) in [5, 5.41) is 7.19. The Morgan fingerprint density at radius 3 is 2.31 bits per heavy atom. The van der Waals surface area contributed by atoms with Gasteiger partial charge in [-0.05, 0) is 23.6 Å². The Morgan fingerprint density at radius 2 is 1.88 bits per heavy atom. The summed E-state index contributed by atoms with van der Waals surface area (Å²) in [4.78, 5) is 0. The average molecular weight is 241 g/mol. The van der Waals surface area contributed by atoms with Gasteiger partial charge in [0.2, 0.25) is 0 Å². The van der Waals surface area contributed by atoms with Crippen LogP contribution in [0.15, 0.2) is 0 Å². The van der Waals surface area contributed by atoms with Crippen molar-refractivity contribution in [2.45, 2.75) is 54.0 Å². The molecule has 0 saturated heterocycles. The Hall–Kier alpha value is -0.640. The average Bonchev–Trinajstić information content (AvgIpc) is 2.46. The molecule has 1 rings (SSSR count). The lowest BCUT2D eigenvalue weighted by molar-refractivity contribution is 0.229. The molecule has 0 aliphatic rings. The van der Waals surface area contributed by atoms with Gasteiger partial charge in [0, 0.05) is 12.5 Å². The monoisotopic (exact) mass is 241 g/mol. The van der Waals surface area contributed by atoms with Crippen molar-refractivity contribution >= 4 is 12.2 Å². The number of aromatic nitrogens is 3. The molecule has 0 spiro atoms. The number of nitrogens with zero attached hydrogens (tertiary/aromatic N) is 2. The lowest BCUT2D eigenvalue weighted by atomic mass is 9.82. The van der Waals surface area contributed by atoms with E-state index in [2.05, 4.69) is 56.3 Å². The minimum atomic E-state index is 0.292. The highest BCUT2D eigenvalue weighted by Gasteiger charge is 2.22. The zero-order valence-electron chi connectivity index (χ0n) is 11.2. The molecule has 0 radical (unpaired) electrons. The van der Waals surface area contributed by atoms with Gasteiger partial charge in [-0.3, -0.25) is 5.10 Å². The summed E-state index contributed by atoms with van der Waals surface area (Å²) >= 11 is 5.28. The maximum atomic E-state index is 5.28. The molecule has 16 heavy (non-hydrogen) atoms. The van der Waals surface area contributed by atoms with Crippen LogP contribution in [0.4, 0.5) is 0 Å². The van der Waals surface area contributed by atoms with E-state index in [9.17, 15) is 0 Å². The Kier molecular flexibility index (Phi) is 3.94. The summed E-state index contributed by atoms with van der Waals surface area (Å²) in [6, 6.07) is 0. The van der Waals surface area contributed by atoms with Gasteiger partial charge in [-0.1, -0.05) is 41.5 Å². The highest BCUT2D eigenvalue weighted by Crippen LogP contribution is 2.27. The van der Waals surface area contributed by atoms with Crippen LogP contribution >= 0.6 is 12.2 Å². The summed E-state index contributed by atoms with van der Waals surface area (Å²) in [6.45, 7) is 14.3. The number of hydrogen-bond donors (Lipinski definition) is 1. The smallest absolute Gasteiger partial charge is 0.195 e. The second-order valence-corrected chi connectivity index (χ2v) is 6.31. The van der Waals surface area contributed by atoms with Crippen molar-refractivity contribution in [1.29, 1.82) is 0 Å². The van der Waals surface area contributed by atoms with Gasteiger partial charge >= 0.3 is 0 Å². The van der Waals surface area contributed by atoms with E-state index in [1.54, 1.807) is 0 Å². The van der Waals surface area contributed by atoms with Crippen LogP contribution in [0.25, 0.3) is 0 Å². The lowest BCUT2D eigenvalue weighted by Crippen LogP contribution is -2.23. The minimum Gasteiger partial charge on any atom is -0.304 e. The SMILES string of the molecule is CC(C)c1n[nH]c(=S)n1CC(C)C(C)(C)C. The molecular weight excluding hydrogens is 218 g/mol. The first-order valence-electron chi connectivity index (χ1n) is 5.88. The van der Waals surface area contributed by atoms with Crippen LogP contribution in [0.1, 0.15) is 53.3 Å². The molecular formula is C12H23N3S. The third-order valence-corrected chi connectivity index (χ3v) is 3.55. The lowest BCUT2D eigenvalue weighted by Gasteiger charge is -2.28. The fourth-order valence-corrected chi connectivity index (χ4v) is 1.71. The summed E-state index contributed by atoms with van der Waals surface area (Å²) in [5.74, 6) is 2.02. The molecule has 0 saturated carbocycles. The molecule has 0 fully saturated rings. The first-order valence-corrected chi connectivity index (χ1v) is 6.29. The molecule has 0 aromatic carbocycles. The van der Waals surface area contributed by atoms with E-state index >= 15 is 0 Å². The molecule has 0 aliphatic heterocycles. The van der Waals surface area contributed by atoms with Gasteiger partial charge in [0.05, 0.1) is 0 Å². The van der Waals surface area contributed by atoms with Crippen LogP contribution < -0.4 is 0 Å². The van der Waals surface area contributed by atoms with E-state index in [4.69, 9.17) is 12.2 Å². The van der Waals surface area contributed by atoms with Crippen LogP contribution in [0.2, 0.25) is 0 Å². The van der Waals surface area contributed by atoms with Crippen molar-refractivity contribution in [1.82, 2.24) is 14.8 Å². The predicted molar refractivity (Wildman–Crippen MR) is 70.1 cm³/mol. The van der Waals surface area contributed by atoms with Gasteiger partial charge < -0.3 is 4.57 Å². The molecule has 1 heterocycles. The highest BCUT2D eigenvalue weighted by molar-refractivity contribution is 7.71. The Balaban J connectivity index is 2.97. The highest BCUT2D eigenvalue weighted by atomic mass is 32.1. The first-order chi connectivity index (χ1) is 7.23. The van der Waals surface area contributed by atoms with Crippen molar-refractivity contribution in [3.8, 4) is 0 Å². The molecule has 3 nitrogen and oxygen atoms in total. The second kappa shape index (κ2) is 4.70. The largest absolute Gasteiger partial charge is 0.304 e. The van der Waals surface area contributed by atoms with E-state index in [0.29, 0.717) is 17.3 Å². The zero-order chi connectivity index (χ0) is 12.5. The fraction of sp³-hybridized carbons (Fsp3) is 0.833. The van der Waals surface area contributed by atoms with E-state index < -0.39 is 0 Å². The number of aromatic amines is 1. The molecule has 1 aromatic rings. The Bertz CT molecular complexity index is 395. The molecule has 1 N–H and O–H groups in total. The second-order valence-electron chi connectivity index (χ2n) is 5.92. The van der Waals surface area contributed by atoms with Gasteiger partial charge in [-0.15, -0.1) is 0 Å². The minimum absolute atomic E-state index is 0.292. The summed E-state index contributed by atoms with van der Waals surface area (Å²) in [6.07, 6.45) is 0. The maximum Gasteiger partial charge on any atom is 0.195 e. The molecule has 92 valence electrons. The molecule has 0 aliphatic carbocycles. The molecule has 4 heteroatoms. The third kappa shape index (κ3) is 2.94. The van der Waals surface area contributed by atoms with E-state index in [1.807, 2.05) is 0 Å². The van der Waals surface area contributed by atoms with Gasteiger partial charge in [0.25, 0.3) is 0 Å². The Labute approximate surface area is 103 Å². The quantitative estimate of drug-likeness (QED) is 0.818. The van der Waals surface area contributed by atoms with Gasteiger partial charge in [-0.25, -0.2) is 0 Å². The van der Waals surface area contributed by atoms with Crippen molar-refractivity contribution in [2.75, 3.05) is 0 Å². The number of hydrogen-bond acceptors (Lipinski definition) is 2. The normalized spacial score (nSPS) is 14.4. The number of nitrogens with one attached hydrogen (secondary N) is 1. The van der Waals surface area contributed by atoms with Crippen LogP contribution in [0.5, 0.6) is 0 Å². The van der Waals surface area contributed by atoms with E-state index in [1.165, 1.54) is 0 Å². The third-order valence-electron chi connectivity index (χ3n) is 3.24. The van der Waals surface area contributed by atoms with E-state index in [-0.39, 0.29) is 0 Å². The number of rotatable bonds is 3. The topological polar surface area (TPSA) is 33.6 Å². The fourth-order valence-electron chi connectivity index (χ4n) is 1.49. The van der Waals surface area contributed by atoms with Gasteiger partial charge in [0.15, 0.2) is 4.77 Å². The van der Waals surface area contributed by atoms with Crippen molar-refractivity contribution in [2.24, 2.45) is 11.3 Å². The summed E-state index contributed by atoms with van der Waals surface area (Å²) in [7, 11) is 0.